The largest absolute Gasteiger partial charge is 0.497 e. The molecule has 2 atom stereocenters. The molecule has 3 rings (SSSR count). The number of aromatic nitrogens is 1. The highest BCUT2D eigenvalue weighted by Crippen LogP contribution is 2.31. The Morgan fingerprint density at radius 3 is 2.74 bits per heavy atom. The first-order chi connectivity index (χ1) is 11.1. The molecule has 1 saturated heterocycles. The number of ketones is 1. The van der Waals surface area contributed by atoms with Crippen molar-refractivity contribution in [3.63, 3.8) is 0 Å². The summed E-state index contributed by atoms with van der Waals surface area (Å²) in [7, 11) is 3.20. The van der Waals surface area contributed by atoms with E-state index in [0.29, 0.717) is 24.7 Å². The molecule has 1 aliphatic heterocycles. The van der Waals surface area contributed by atoms with E-state index in [-0.39, 0.29) is 17.9 Å². The van der Waals surface area contributed by atoms with Crippen LogP contribution in [0.2, 0.25) is 0 Å². The molecule has 122 valence electrons. The number of Topliss-reactive ketones (excluding diaryl/α,β-unsaturated/α-hetero) is 1. The van der Waals surface area contributed by atoms with E-state index in [1.54, 1.807) is 21.1 Å². The van der Waals surface area contributed by atoms with Crippen LogP contribution < -0.4 is 19.5 Å². The number of rotatable bonds is 5. The van der Waals surface area contributed by atoms with Gasteiger partial charge in [0.15, 0.2) is 0 Å². The highest BCUT2D eigenvalue weighted by atomic mass is 16.5. The normalized spacial score (nSPS) is 20.5. The highest BCUT2D eigenvalue weighted by Gasteiger charge is 2.29. The van der Waals surface area contributed by atoms with Crippen LogP contribution in [0.1, 0.15) is 13.3 Å². The molecule has 1 aromatic heterocycles. The summed E-state index contributed by atoms with van der Waals surface area (Å²) in [5, 5.41) is 4.99. The topological polar surface area (TPSA) is 69.7 Å². The predicted molar refractivity (Wildman–Crippen MR) is 86.4 cm³/mol. The molecule has 1 aromatic carbocycles. The van der Waals surface area contributed by atoms with Gasteiger partial charge >= 0.3 is 0 Å². The smallest absolute Gasteiger partial charge is 0.224 e. The minimum Gasteiger partial charge on any atom is -0.497 e. The summed E-state index contributed by atoms with van der Waals surface area (Å²) in [4.78, 5) is 15.9. The number of carbonyl (C=O) groups excluding carboxylic acids is 1. The Balaban J connectivity index is 1.91. The van der Waals surface area contributed by atoms with E-state index < -0.39 is 0 Å². The first-order valence-electron chi connectivity index (χ1n) is 7.54. The van der Waals surface area contributed by atoms with Crippen molar-refractivity contribution < 1.29 is 19.0 Å². The van der Waals surface area contributed by atoms with Crippen LogP contribution in [0.15, 0.2) is 24.3 Å². The molecule has 6 heteroatoms. The van der Waals surface area contributed by atoms with E-state index in [1.165, 1.54) is 0 Å². The van der Waals surface area contributed by atoms with Crippen molar-refractivity contribution in [2.45, 2.75) is 25.5 Å². The maximum Gasteiger partial charge on any atom is 0.224 e. The number of pyridine rings is 1. The van der Waals surface area contributed by atoms with Gasteiger partial charge in [-0.3, -0.25) is 4.79 Å². The quantitative estimate of drug-likeness (QED) is 0.909. The fourth-order valence-electron chi connectivity index (χ4n) is 2.76. The lowest BCUT2D eigenvalue weighted by molar-refractivity contribution is -0.118. The number of carbonyl (C=O) groups is 1. The number of methoxy groups -OCH3 is 2. The van der Waals surface area contributed by atoms with Crippen LogP contribution in [0.3, 0.4) is 0 Å². The van der Waals surface area contributed by atoms with Crippen LogP contribution in [-0.4, -0.2) is 43.7 Å². The molecule has 0 unspecified atom stereocenters. The van der Waals surface area contributed by atoms with Crippen molar-refractivity contribution in [1.29, 1.82) is 0 Å². The van der Waals surface area contributed by atoms with Gasteiger partial charge in [0.25, 0.3) is 0 Å². The van der Waals surface area contributed by atoms with E-state index in [0.717, 1.165) is 16.5 Å². The third-order valence-electron chi connectivity index (χ3n) is 4.05. The van der Waals surface area contributed by atoms with Crippen LogP contribution in [-0.2, 0) is 4.79 Å². The molecule has 0 bridgehead atoms. The highest BCUT2D eigenvalue weighted by molar-refractivity contribution is 5.89. The van der Waals surface area contributed by atoms with Gasteiger partial charge in [-0.05, 0) is 30.5 Å². The maximum absolute atomic E-state index is 11.5. The number of ether oxygens (including phenoxy) is 3. The summed E-state index contributed by atoms with van der Waals surface area (Å²) in [6.45, 7) is 2.21. The lowest BCUT2D eigenvalue weighted by Gasteiger charge is -2.15. The molecular weight excluding hydrogens is 296 g/mol. The zero-order chi connectivity index (χ0) is 16.4. The number of nitrogens with zero attached hydrogens (tertiary/aromatic N) is 1. The van der Waals surface area contributed by atoms with Crippen molar-refractivity contribution in [2.75, 3.05) is 20.8 Å². The zero-order valence-corrected chi connectivity index (χ0v) is 13.5. The Kier molecular flexibility index (Phi) is 4.34. The number of hydrogen-bond acceptors (Lipinski definition) is 6. The van der Waals surface area contributed by atoms with Crippen molar-refractivity contribution in [3.8, 4) is 17.5 Å². The summed E-state index contributed by atoms with van der Waals surface area (Å²) >= 11 is 0. The Morgan fingerprint density at radius 1 is 1.26 bits per heavy atom. The van der Waals surface area contributed by atoms with Crippen LogP contribution in [0.25, 0.3) is 10.8 Å². The van der Waals surface area contributed by atoms with Gasteiger partial charge in [0.05, 0.1) is 20.3 Å². The van der Waals surface area contributed by atoms with E-state index in [2.05, 4.69) is 10.3 Å². The van der Waals surface area contributed by atoms with Crippen molar-refractivity contribution in [3.05, 3.63) is 24.3 Å². The van der Waals surface area contributed by atoms with Gasteiger partial charge in [0, 0.05) is 24.4 Å². The molecule has 0 amide bonds. The lowest BCUT2D eigenvalue weighted by Crippen LogP contribution is -2.28. The van der Waals surface area contributed by atoms with E-state index in [1.807, 2.05) is 24.3 Å². The second kappa shape index (κ2) is 6.42. The van der Waals surface area contributed by atoms with Crippen LogP contribution in [0.5, 0.6) is 17.5 Å². The van der Waals surface area contributed by atoms with Gasteiger partial charge < -0.3 is 19.5 Å². The monoisotopic (exact) mass is 316 g/mol. The van der Waals surface area contributed by atoms with Gasteiger partial charge in [-0.15, -0.1) is 0 Å². The fraction of sp³-hybridized carbons (Fsp3) is 0.412. The minimum atomic E-state index is -0.142. The molecule has 2 heterocycles. The molecule has 1 fully saturated rings. The Labute approximate surface area is 134 Å². The molecule has 0 radical (unpaired) electrons. The predicted octanol–water partition coefficient (Wildman–Crippen LogP) is 1.95. The molecule has 0 spiro atoms. The van der Waals surface area contributed by atoms with Crippen molar-refractivity contribution >= 4 is 16.6 Å². The van der Waals surface area contributed by atoms with Gasteiger partial charge in [-0.1, -0.05) is 0 Å². The number of benzene rings is 1. The summed E-state index contributed by atoms with van der Waals surface area (Å²) < 4.78 is 16.6. The minimum absolute atomic E-state index is 0.0891. The molecule has 2 aromatic rings. The van der Waals surface area contributed by atoms with Gasteiger partial charge in [-0.2, -0.15) is 4.98 Å². The summed E-state index contributed by atoms with van der Waals surface area (Å²) in [6.07, 6.45) is 0.556. The van der Waals surface area contributed by atoms with Crippen LogP contribution in [0, 0.1) is 0 Å². The Hall–Kier alpha value is -2.34. The average Bonchev–Trinajstić information content (AvgIpc) is 3.02. The van der Waals surface area contributed by atoms with Gasteiger partial charge in [-0.25, -0.2) is 0 Å². The molecule has 6 nitrogen and oxygen atoms in total. The fourth-order valence-corrected chi connectivity index (χ4v) is 2.76. The summed E-state index contributed by atoms with van der Waals surface area (Å²) in [5.74, 6) is 1.88. The van der Waals surface area contributed by atoms with Gasteiger partial charge in [0.1, 0.15) is 17.6 Å². The Morgan fingerprint density at radius 2 is 2.09 bits per heavy atom. The van der Waals surface area contributed by atoms with Gasteiger partial charge in [0.2, 0.25) is 11.8 Å². The standard InChI is InChI=1S/C17H20N2O4/c1-10(20)15-8-13(9-18-15)23-17-14-5-4-12(21-2)6-11(14)7-16(19-17)22-3/h4-7,13,15,18H,8-9H2,1-3H3/t13-,15+/m1/s1. The third kappa shape index (κ3) is 3.22. The molecule has 0 saturated carbocycles. The van der Waals surface area contributed by atoms with Crippen molar-refractivity contribution in [1.82, 2.24) is 10.3 Å². The molecule has 0 aliphatic carbocycles. The second-order valence-corrected chi connectivity index (χ2v) is 5.60. The van der Waals surface area contributed by atoms with E-state index in [4.69, 9.17) is 14.2 Å². The first kappa shape index (κ1) is 15.6. The molecular formula is C17H20N2O4. The number of fused-ring (bicyclic) bond motifs is 1. The van der Waals surface area contributed by atoms with E-state index in [9.17, 15) is 4.79 Å². The van der Waals surface area contributed by atoms with Crippen molar-refractivity contribution in [2.24, 2.45) is 0 Å². The van der Waals surface area contributed by atoms with Crippen LogP contribution in [0.4, 0.5) is 0 Å². The maximum atomic E-state index is 11.5. The molecule has 23 heavy (non-hydrogen) atoms. The second-order valence-electron chi connectivity index (χ2n) is 5.60. The Bertz CT molecular complexity index is 727. The number of hydrogen-bond donors (Lipinski definition) is 1. The first-order valence-corrected chi connectivity index (χ1v) is 7.54. The SMILES string of the molecule is COc1ccc2c(O[C@H]3CN[C@H](C(C)=O)C3)nc(OC)cc2c1. The van der Waals surface area contributed by atoms with Crippen LogP contribution >= 0.6 is 0 Å². The molecule has 1 aliphatic rings. The zero-order valence-electron chi connectivity index (χ0n) is 13.5. The lowest BCUT2D eigenvalue weighted by atomic mass is 10.1. The third-order valence-corrected chi connectivity index (χ3v) is 4.05. The average molecular weight is 316 g/mol. The summed E-state index contributed by atoms with van der Waals surface area (Å²) in [6, 6.07) is 7.40. The summed E-state index contributed by atoms with van der Waals surface area (Å²) in [5.41, 5.74) is 0. The molecule has 1 N–H and O–H groups in total. The van der Waals surface area contributed by atoms with E-state index >= 15 is 0 Å². The number of nitrogens with one attached hydrogen (secondary N) is 1.